The van der Waals surface area contributed by atoms with Gasteiger partial charge in [0, 0.05) is 5.75 Å². The van der Waals surface area contributed by atoms with Gasteiger partial charge in [0.15, 0.2) is 4.34 Å². The van der Waals surface area contributed by atoms with Crippen molar-refractivity contribution in [1.82, 2.24) is 10.2 Å². The van der Waals surface area contributed by atoms with E-state index in [4.69, 9.17) is 0 Å². The average molecular weight is 477 g/mol. The van der Waals surface area contributed by atoms with Gasteiger partial charge >= 0.3 is 0 Å². The Balaban J connectivity index is 1.72. The number of anilines is 2. The summed E-state index contributed by atoms with van der Waals surface area (Å²) in [6.45, 7) is 5.26. The molecule has 0 radical (unpaired) electrons. The van der Waals surface area contributed by atoms with E-state index in [9.17, 15) is 13.2 Å². The second-order valence-electron chi connectivity index (χ2n) is 7.16. The lowest BCUT2D eigenvalue weighted by Crippen LogP contribution is -2.45. The molecule has 7 nitrogen and oxygen atoms in total. The lowest BCUT2D eigenvalue weighted by Gasteiger charge is -2.29. The Labute approximate surface area is 191 Å². The lowest BCUT2D eigenvalue weighted by atomic mass is 10.1. The van der Waals surface area contributed by atoms with Gasteiger partial charge in [-0.05, 0) is 43.5 Å². The number of benzene rings is 2. The maximum atomic E-state index is 12.9. The lowest BCUT2D eigenvalue weighted by molar-refractivity contribution is -0.116. The van der Waals surface area contributed by atoms with Gasteiger partial charge in [-0.15, -0.1) is 10.2 Å². The summed E-state index contributed by atoms with van der Waals surface area (Å²) < 4.78 is 26.9. The van der Waals surface area contributed by atoms with E-state index >= 15 is 0 Å². The van der Waals surface area contributed by atoms with E-state index in [-0.39, 0.29) is 0 Å². The summed E-state index contributed by atoms with van der Waals surface area (Å²) in [5, 5.41) is 11.2. The highest BCUT2D eigenvalue weighted by atomic mass is 32.2. The SMILES string of the molecule is Cc1ccc(C)c(N([C@H](C)C(=O)Nc2nnc(SCc3ccccc3)s2)S(C)(=O)=O)c1. The van der Waals surface area contributed by atoms with E-state index < -0.39 is 22.0 Å². The van der Waals surface area contributed by atoms with Gasteiger partial charge in [-0.3, -0.25) is 14.4 Å². The van der Waals surface area contributed by atoms with Gasteiger partial charge < -0.3 is 0 Å². The number of sulfonamides is 1. The second-order valence-corrected chi connectivity index (χ2v) is 11.2. The van der Waals surface area contributed by atoms with Gasteiger partial charge in [0.1, 0.15) is 6.04 Å². The minimum absolute atomic E-state index is 0.335. The van der Waals surface area contributed by atoms with Crippen molar-refractivity contribution in [3.8, 4) is 0 Å². The molecule has 1 aromatic heterocycles. The Bertz CT molecular complexity index is 1160. The molecular formula is C21H24N4O3S3. The fraction of sp³-hybridized carbons (Fsp3) is 0.286. The second kappa shape index (κ2) is 9.80. The highest BCUT2D eigenvalue weighted by Gasteiger charge is 2.30. The Hall–Kier alpha value is -2.43. The zero-order valence-electron chi connectivity index (χ0n) is 17.7. The number of aryl methyl sites for hydroxylation is 2. The molecule has 0 aliphatic heterocycles. The number of hydrogen-bond donors (Lipinski definition) is 1. The molecule has 0 aliphatic carbocycles. The number of rotatable bonds is 8. The van der Waals surface area contributed by atoms with Crippen molar-refractivity contribution in [3.05, 3.63) is 65.2 Å². The van der Waals surface area contributed by atoms with E-state index in [1.807, 2.05) is 56.3 Å². The summed E-state index contributed by atoms with van der Waals surface area (Å²) in [6, 6.07) is 14.5. The molecule has 0 unspecified atom stereocenters. The molecule has 3 rings (SSSR count). The average Bonchev–Trinajstić information content (AvgIpc) is 3.16. The standard InChI is InChI=1S/C21H24N4O3S3/c1-14-10-11-15(2)18(12-14)25(31(4,27)28)16(3)19(26)22-20-23-24-21(30-20)29-13-17-8-6-5-7-9-17/h5-12,16H,13H2,1-4H3,(H,22,23,26)/t16-/m1/s1. The molecule has 31 heavy (non-hydrogen) atoms. The number of carbonyl (C=O) groups excluding carboxylic acids is 1. The van der Waals surface area contributed by atoms with Crippen LogP contribution in [0.25, 0.3) is 0 Å². The molecular weight excluding hydrogens is 452 g/mol. The molecule has 10 heteroatoms. The molecule has 164 valence electrons. The van der Waals surface area contributed by atoms with Crippen LogP contribution in [0.5, 0.6) is 0 Å². The maximum Gasteiger partial charge on any atom is 0.249 e. The minimum atomic E-state index is -3.69. The number of nitrogens with one attached hydrogen (secondary N) is 1. The maximum absolute atomic E-state index is 12.9. The smallest absolute Gasteiger partial charge is 0.249 e. The molecule has 0 bridgehead atoms. The summed E-state index contributed by atoms with van der Waals surface area (Å²) >= 11 is 2.79. The van der Waals surface area contributed by atoms with Crippen molar-refractivity contribution >= 4 is 49.8 Å². The molecule has 1 atom stereocenters. The van der Waals surface area contributed by atoms with Crippen LogP contribution in [0.2, 0.25) is 0 Å². The Kier molecular flexibility index (Phi) is 7.34. The molecule has 0 fully saturated rings. The summed E-state index contributed by atoms with van der Waals surface area (Å²) in [5.74, 6) is 0.274. The summed E-state index contributed by atoms with van der Waals surface area (Å²) in [4.78, 5) is 12.9. The van der Waals surface area contributed by atoms with Crippen LogP contribution in [0, 0.1) is 13.8 Å². The van der Waals surface area contributed by atoms with Crippen molar-refractivity contribution in [2.24, 2.45) is 0 Å². The number of thioether (sulfide) groups is 1. The van der Waals surface area contributed by atoms with E-state index in [0.717, 1.165) is 31.8 Å². The van der Waals surface area contributed by atoms with Gasteiger partial charge in [-0.25, -0.2) is 8.42 Å². The largest absolute Gasteiger partial charge is 0.299 e. The van der Waals surface area contributed by atoms with Crippen LogP contribution in [0.1, 0.15) is 23.6 Å². The Morgan fingerprint density at radius 2 is 1.87 bits per heavy atom. The first kappa shape index (κ1) is 23.2. The van der Waals surface area contributed by atoms with E-state index in [0.29, 0.717) is 10.8 Å². The molecule has 1 amide bonds. The number of amides is 1. The molecule has 0 aliphatic rings. The zero-order chi connectivity index (χ0) is 22.6. The highest BCUT2D eigenvalue weighted by molar-refractivity contribution is 8.00. The third-order valence-electron chi connectivity index (χ3n) is 4.53. The quantitative estimate of drug-likeness (QED) is 0.386. The number of aromatic nitrogens is 2. The molecule has 0 saturated carbocycles. The van der Waals surface area contributed by atoms with Crippen LogP contribution < -0.4 is 9.62 Å². The van der Waals surface area contributed by atoms with E-state index in [1.54, 1.807) is 13.0 Å². The van der Waals surface area contributed by atoms with Gasteiger partial charge in [-0.1, -0.05) is 65.6 Å². The van der Waals surface area contributed by atoms with E-state index in [1.165, 1.54) is 28.7 Å². The Morgan fingerprint density at radius 1 is 1.16 bits per heavy atom. The molecule has 0 saturated heterocycles. The fourth-order valence-corrected chi connectivity index (χ4v) is 5.92. The van der Waals surface area contributed by atoms with Crippen molar-refractivity contribution in [1.29, 1.82) is 0 Å². The predicted octanol–water partition coefficient (Wildman–Crippen LogP) is 4.24. The van der Waals surface area contributed by atoms with Gasteiger partial charge in [0.25, 0.3) is 0 Å². The number of carbonyl (C=O) groups is 1. The van der Waals surface area contributed by atoms with Crippen molar-refractivity contribution in [3.63, 3.8) is 0 Å². The number of nitrogens with zero attached hydrogens (tertiary/aromatic N) is 3. The molecule has 1 heterocycles. The number of hydrogen-bond acceptors (Lipinski definition) is 7. The summed E-state index contributed by atoms with van der Waals surface area (Å²) in [6.07, 6.45) is 1.10. The fourth-order valence-electron chi connectivity index (χ4n) is 2.99. The third kappa shape index (κ3) is 6.05. The molecule has 1 N–H and O–H groups in total. The van der Waals surface area contributed by atoms with Crippen LogP contribution in [0.3, 0.4) is 0 Å². The van der Waals surface area contributed by atoms with Crippen LogP contribution in [-0.2, 0) is 20.6 Å². The van der Waals surface area contributed by atoms with Crippen molar-refractivity contribution < 1.29 is 13.2 Å². The van der Waals surface area contributed by atoms with Crippen molar-refractivity contribution in [2.45, 2.75) is 36.9 Å². The van der Waals surface area contributed by atoms with E-state index in [2.05, 4.69) is 15.5 Å². The van der Waals surface area contributed by atoms with Crippen LogP contribution in [-0.4, -0.2) is 36.8 Å². The predicted molar refractivity (Wildman–Crippen MR) is 127 cm³/mol. The molecule has 2 aromatic carbocycles. The third-order valence-corrected chi connectivity index (χ3v) is 7.80. The normalized spacial score (nSPS) is 12.4. The zero-order valence-corrected chi connectivity index (χ0v) is 20.1. The first-order valence-corrected chi connectivity index (χ1v) is 13.2. The van der Waals surface area contributed by atoms with Crippen LogP contribution in [0.4, 0.5) is 10.8 Å². The van der Waals surface area contributed by atoms with Crippen molar-refractivity contribution in [2.75, 3.05) is 15.9 Å². The van der Waals surface area contributed by atoms with Gasteiger partial charge in [-0.2, -0.15) is 0 Å². The summed E-state index contributed by atoms with van der Waals surface area (Å²) in [7, 11) is -3.69. The monoisotopic (exact) mass is 476 g/mol. The highest BCUT2D eigenvalue weighted by Crippen LogP contribution is 2.30. The molecule has 0 spiro atoms. The first-order valence-electron chi connectivity index (χ1n) is 9.53. The first-order chi connectivity index (χ1) is 14.6. The topological polar surface area (TPSA) is 92.3 Å². The van der Waals surface area contributed by atoms with Crippen LogP contribution >= 0.6 is 23.1 Å². The van der Waals surface area contributed by atoms with Crippen LogP contribution in [0.15, 0.2) is 52.9 Å². The molecule has 3 aromatic rings. The Morgan fingerprint density at radius 3 is 2.55 bits per heavy atom. The van der Waals surface area contributed by atoms with Gasteiger partial charge in [0.05, 0.1) is 11.9 Å². The summed E-state index contributed by atoms with van der Waals surface area (Å²) in [5.41, 5.74) is 3.33. The van der Waals surface area contributed by atoms with Gasteiger partial charge in [0.2, 0.25) is 21.1 Å². The minimum Gasteiger partial charge on any atom is -0.299 e.